The van der Waals surface area contributed by atoms with Crippen LogP contribution >= 0.6 is 0 Å². The van der Waals surface area contributed by atoms with Crippen LogP contribution < -0.4 is 0 Å². The molecule has 0 amide bonds. The molecule has 0 aliphatic rings. The summed E-state index contributed by atoms with van der Waals surface area (Å²) in [4.78, 5) is 1.68. The van der Waals surface area contributed by atoms with Gasteiger partial charge in [-0.1, -0.05) is 30.3 Å². The van der Waals surface area contributed by atoms with Crippen molar-refractivity contribution < 1.29 is 31.1 Å². The van der Waals surface area contributed by atoms with Crippen LogP contribution in [0.5, 0.6) is 0 Å². The number of likely N-dealkylation sites (N-methyl/N-ethyl adjacent to an activating group) is 1. The van der Waals surface area contributed by atoms with Gasteiger partial charge in [0, 0.05) is 0 Å². The molecule has 29 heavy (non-hydrogen) atoms. The molecule has 0 aliphatic carbocycles. The van der Waals surface area contributed by atoms with Crippen molar-refractivity contribution in [2.75, 3.05) is 20.2 Å². The topological polar surface area (TPSA) is 36.3 Å². The second-order valence-corrected chi connectivity index (χ2v) is 6.43. The van der Waals surface area contributed by atoms with E-state index in [0.29, 0.717) is 12.1 Å². The molecule has 9 heteroatoms. The molecule has 0 fully saturated rings. The molecular weight excluding hydrogens is 398 g/mol. The summed E-state index contributed by atoms with van der Waals surface area (Å²) in [6.07, 6.45) is -9.81. The van der Waals surface area contributed by atoms with Crippen molar-refractivity contribution in [3.8, 4) is 6.07 Å². The molecule has 0 aliphatic heterocycles. The number of ether oxygens (including phenoxy) is 1. The zero-order chi connectivity index (χ0) is 21.7. The Kier molecular flexibility index (Phi) is 7.27. The Labute approximate surface area is 164 Å². The molecule has 1 atom stereocenters. The van der Waals surface area contributed by atoms with E-state index >= 15 is 0 Å². The molecule has 3 nitrogen and oxygen atoms in total. The van der Waals surface area contributed by atoms with Crippen LogP contribution in [-0.4, -0.2) is 25.1 Å². The molecule has 156 valence electrons. The lowest BCUT2D eigenvalue weighted by atomic mass is 10.0. The van der Waals surface area contributed by atoms with Gasteiger partial charge in [-0.05, 0) is 36.4 Å². The Hall–Kier alpha value is -2.57. The lowest BCUT2D eigenvalue weighted by molar-refractivity contribution is -0.143. The monoisotopic (exact) mass is 416 g/mol. The maximum absolute atomic E-state index is 13.0. The first-order valence-corrected chi connectivity index (χ1v) is 8.50. The van der Waals surface area contributed by atoms with Crippen LogP contribution in [0.3, 0.4) is 0 Å². The quantitative estimate of drug-likeness (QED) is 0.446. The van der Waals surface area contributed by atoms with Gasteiger partial charge in [-0.3, -0.25) is 4.90 Å². The van der Waals surface area contributed by atoms with Crippen molar-refractivity contribution in [2.24, 2.45) is 0 Å². The van der Waals surface area contributed by atoms with Crippen molar-refractivity contribution in [1.29, 1.82) is 5.26 Å². The maximum atomic E-state index is 13.0. The van der Waals surface area contributed by atoms with Gasteiger partial charge in [0.1, 0.15) is 0 Å². The van der Waals surface area contributed by atoms with Gasteiger partial charge in [-0.2, -0.15) is 31.6 Å². The minimum absolute atomic E-state index is 0.0141. The molecule has 0 saturated carbocycles. The van der Waals surface area contributed by atoms with E-state index in [1.54, 1.807) is 42.3 Å². The molecule has 0 heterocycles. The summed E-state index contributed by atoms with van der Waals surface area (Å²) in [6, 6.07) is 11.9. The Morgan fingerprint density at radius 3 is 2.00 bits per heavy atom. The third-order valence-electron chi connectivity index (χ3n) is 4.23. The number of rotatable bonds is 7. The molecule has 0 bridgehead atoms. The Morgan fingerprint density at radius 1 is 0.966 bits per heavy atom. The van der Waals surface area contributed by atoms with E-state index < -0.39 is 30.1 Å². The molecular formula is C20H18F6N2O. The SMILES string of the molecule is CN(CC#N)C(COCc1cc(C(F)(F)F)cc(C(F)(F)F)c1)c1ccccc1. The maximum Gasteiger partial charge on any atom is 0.416 e. The number of halogens is 6. The molecule has 0 saturated heterocycles. The summed E-state index contributed by atoms with van der Waals surface area (Å²) in [5, 5.41) is 8.90. The lowest BCUT2D eigenvalue weighted by Gasteiger charge is -2.26. The van der Waals surface area contributed by atoms with Crippen LogP contribution in [0.1, 0.15) is 28.3 Å². The van der Waals surface area contributed by atoms with Crippen LogP contribution in [0, 0.1) is 11.3 Å². The van der Waals surface area contributed by atoms with Gasteiger partial charge in [-0.15, -0.1) is 0 Å². The van der Waals surface area contributed by atoms with Crippen molar-refractivity contribution in [1.82, 2.24) is 4.90 Å². The molecule has 0 aromatic heterocycles. The van der Waals surface area contributed by atoms with Crippen molar-refractivity contribution in [3.05, 3.63) is 70.8 Å². The zero-order valence-corrected chi connectivity index (χ0v) is 15.4. The molecule has 0 radical (unpaired) electrons. The van der Waals surface area contributed by atoms with Gasteiger partial charge in [0.05, 0.1) is 43.0 Å². The molecule has 0 spiro atoms. The molecule has 1 unspecified atom stereocenters. The summed E-state index contributed by atoms with van der Waals surface area (Å²) < 4.78 is 83.2. The highest BCUT2D eigenvalue weighted by molar-refractivity contribution is 5.33. The first kappa shape index (κ1) is 22.7. The van der Waals surface area contributed by atoms with Crippen molar-refractivity contribution in [2.45, 2.75) is 25.0 Å². The van der Waals surface area contributed by atoms with E-state index in [9.17, 15) is 26.3 Å². The number of nitriles is 1. The van der Waals surface area contributed by atoms with E-state index in [0.717, 1.165) is 5.56 Å². The fourth-order valence-corrected chi connectivity index (χ4v) is 2.77. The summed E-state index contributed by atoms with van der Waals surface area (Å²) >= 11 is 0. The Balaban J connectivity index is 2.20. The normalized spacial score (nSPS) is 13.3. The predicted octanol–water partition coefficient (Wildman–Crippen LogP) is 5.44. The lowest BCUT2D eigenvalue weighted by Crippen LogP contribution is -2.28. The smallest absolute Gasteiger partial charge is 0.375 e. The number of nitrogens with zero attached hydrogens (tertiary/aromatic N) is 2. The molecule has 0 N–H and O–H groups in total. The highest BCUT2D eigenvalue weighted by Crippen LogP contribution is 2.36. The third kappa shape index (κ3) is 6.48. The first-order chi connectivity index (χ1) is 13.5. The van der Waals surface area contributed by atoms with Gasteiger partial charge >= 0.3 is 12.4 Å². The fourth-order valence-electron chi connectivity index (χ4n) is 2.77. The average molecular weight is 416 g/mol. The number of hydrogen-bond donors (Lipinski definition) is 0. The Morgan fingerprint density at radius 2 is 1.52 bits per heavy atom. The molecule has 2 aromatic carbocycles. The number of hydrogen-bond acceptors (Lipinski definition) is 3. The van der Waals surface area contributed by atoms with Gasteiger partial charge in [0.25, 0.3) is 0 Å². The summed E-state index contributed by atoms with van der Waals surface area (Å²) in [7, 11) is 1.68. The minimum Gasteiger partial charge on any atom is -0.375 e. The van der Waals surface area contributed by atoms with E-state index in [4.69, 9.17) is 10.00 Å². The van der Waals surface area contributed by atoms with Crippen LogP contribution in [0.4, 0.5) is 26.3 Å². The van der Waals surface area contributed by atoms with E-state index in [-0.39, 0.29) is 30.8 Å². The summed E-state index contributed by atoms with van der Waals surface area (Å²) in [5.74, 6) is 0. The van der Waals surface area contributed by atoms with Gasteiger partial charge in [0.15, 0.2) is 0 Å². The van der Waals surface area contributed by atoms with E-state index in [1.165, 1.54) is 0 Å². The third-order valence-corrected chi connectivity index (χ3v) is 4.23. The average Bonchev–Trinajstić information content (AvgIpc) is 2.64. The van der Waals surface area contributed by atoms with E-state index in [1.807, 2.05) is 6.07 Å². The fraction of sp³-hybridized carbons (Fsp3) is 0.350. The summed E-state index contributed by atoms with van der Waals surface area (Å²) in [6.45, 7) is -0.374. The van der Waals surface area contributed by atoms with Gasteiger partial charge < -0.3 is 4.74 Å². The first-order valence-electron chi connectivity index (χ1n) is 8.50. The number of benzene rings is 2. The van der Waals surface area contributed by atoms with Gasteiger partial charge in [0.2, 0.25) is 0 Å². The second-order valence-electron chi connectivity index (χ2n) is 6.43. The standard InChI is InChI=1S/C20H18F6N2O/c1-28(8-7-27)18(15-5-3-2-4-6-15)13-29-12-14-9-16(19(21,22)23)11-17(10-14)20(24,25)26/h2-6,9-11,18H,8,12-13H2,1H3. The van der Waals surface area contributed by atoms with Crippen LogP contribution in [-0.2, 0) is 23.7 Å². The van der Waals surface area contributed by atoms with Crippen LogP contribution in [0.25, 0.3) is 0 Å². The molecule has 2 aromatic rings. The highest BCUT2D eigenvalue weighted by atomic mass is 19.4. The Bertz CT molecular complexity index is 811. The highest BCUT2D eigenvalue weighted by Gasteiger charge is 2.36. The minimum atomic E-state index is -4.91. The predicted molar refractivity (Wildman–Crippen MR) is 93.5 cm³/mol. The largest absolute Gasteiger partial charge is 0.416 e. The van der Waals surface area contributed by atoms with Crippen molar-refractivity contribution >= 4 is 0 Å². The second kappa shape index (κ2) is 9.29. The zero-order valence-electron chi connectivity index (χ0n) is 15.4. The van der Waals surface area contributed by atoms with E-state index in [2.05, 4.69) is 0 Å². The van der Waals surface area contributed by atoms with Crippen LogP contribution in [0.2, 0.25) is 0 Å². The number of alkyl halides is 6. The van der Waals surface area contributed by atoms with Gasteiger partial charge in [-0.25, -0.2) is 0 Å². The van der Waals surface area contributed by atoms with Crippen LogP contribution in [0.15, 0.2) is 48.5 Å². The van der Waals surface area contributed by atoms with Crippen molar-refractivity contribution in [3.63, 3.8) is 0 Å². The summed E-state index contributed by atoms with van der Waals surface area (Å²) in [5.41, 5.74) is -2.19. The molecule has 2 rings (SSSR count).